The van der Waals surface area contributed by atoms with Crippen LogP contribution in [0.5, 0.6) is 0 Å². The Hall–Kier alpha value is -3.84. The van der Waals surface area contributed by atoms with Crippen molar-refractivity contribution in [3.8, 4) is 17.2 Å². The van der Waals surface area contributed by atoms with E-state index in [9.17, 15) is 10.1 Å². The molecule has 1 aliphatic carbocycles. The molecule has 7 rings (SSSR count). The molecule has 9 nitrogen and oxygen atoms in total. The van der Waals surface area contributed by atoms with Gasteiger partial charge in [0.25, 0.3) is 5.56 Å². The zero-order valence-corrected chi connectivity index (χ0v) is 23.2. The summed E-state index contributed by atoms with van der Waals surface area (Å²) in [6.45, 7) is 3.29. The fourth-order valence-electron chi connectivity index (χ4n) is 6.77. The summed E-state index contributed by atoms with van der Waals surface area (Å²) < 4.78 is 21.9. The summed E-state index contributed by atoms with van der Waals surface area (Å²) >= 11 is 0. The monoisotopic (exact) mass is 551 g/mol. The second-order valence-electron chi connectivity index (χ2n) is 11.3. The molecule has 0 unspecified atom stereocenters. The van der Waals surface area contributed by atoms with Gasteiger partial charge in [0.05, 0.1) is 30.5 Å². The van der Waals surface area contributed by atoms with Crippen LogP contribution in [0.3, 0.4) is 0 Å². The van der Waals surface area contributed by atoms with Gasteiger partial charge in [-0.15, -0.1) is 0 Å². The van der Waals surface area contributed by atoms with Crippen LogP contribution in [0, 0.1) is 11.3 Å². The van der Waals surface area contributed by atoms with E-state index in [-0.39, 0.29) is 23.8 Å². The molecule has 0 N–H and O–H groups in total. The maximum absolute atomic E-state index is 14.3. The van der Waals surface area contributed by atoms with Crippen LogP contribution in [0.4, 0.5) is 0 Å². The topological polar surface area (TPSA) is 104 Å². The Labute approximate surface area is 238 Å². The molecule has 0 radical (unpaired) electrons. The third kappa shape index (κ3) is 4.56. The van der Waals surface area contributed by atoms with Crippen molar-refractivity contribution in [2.24, 2.45) is 0 Å². The maximum Gasteiger partial charge on any atom is 0.259 e. The van der Waals surface area contributed by atoms with Crippen LogP contribution in [0.2, 0.25) is 0 Å². The average molecular weight is 552 g/mol. The van der Waals surface area contributed by atoms with E-state index in [4.69, 9.17) is 14.2 Å². The van der Waals surface area contributed by atoms with Crippen molar-refractivity contribution >= 4 is 5.78 Å². The number of ether oxygens (including phenoxy) is 3. The number of rotatable bonds is 6. The fourth-order valence-corrected chi connectivity index (χ4v) is 6.77. The smallest absolute Gasteiger partial charge is 0.259 e. The van der Waals surface area contributed by atoms with Gasteiger partial charge >= 0.3 is 0 Å². The molecule has 210 valence electrons. The second kappa shape index (κ2) is 10.5. The highest BCUT2D eigenvalue weighted by atomic mass is 16.8. The van der Waals surface area contributed by atoms with E-state index in [0.717, 1.165) is 66.5 Å². The molecule has 2 aromatic carbocycles. The van der Waals surface area contributed by atoms with Crippen LogP contribution in [0.1, 0.15) is 67.5 Å². The predicted molar refractivity (Wildman–Crippen MR) is 151 cm³/mol. The molecule has 0 amide bonds. The molecule has 2 saturated heterocycles. The molecule has 4 heterocycles. The lowest BCUT2D eigenvalue weighted by atomic mass is 9.89. The highest BCUT2D eigenvalue weighted by molar-refractivity contribution is 5.70. The standard InChI is InChI=1S/C32H33N5O4/c1-2-5-27-26(16-21-8-10-22(11-9-21)25-7-4-3-6-23(25)17-33)30(38)36(31-34-20-35-37(27)31)24-12-14-32(15-13-24)40-28-18-39-19-29(28)41-32/h3-4,6-11,20,24,28-29H,2,5,12-16,18-19H2,1H3/t28-,29-/m1/s1. The Kier molecular flexibility index (Phi) is 6.70. The Balaban J connectivity index is 1.21. The third-order valence-electron chi connectivity index (χ3n) is 8.80. The normalized spacial score (nSPS) is 25.5. The molecule has 41 heavy (non-hydrogen) atoms. The highest BCUT2D eigenvalue weighted by Crippen LogP contribution is 2.45. The SMILES string of the molecule is CCCc1c(Cc2ccc(-c3ccccc3C#N)cc2)c(=O)n(C2CCC3(CC2)O[C@@H]2COC[C@H]2O3)c2ncnn12. The van der Waals surface area contributed by atoms with Crippen LogP contribution in [0.15, 0.2) is 59.7 Å². The summed E-state index contributed by atoms with van der Waals surface area (Å²) in [5.41, 5.74) is 5.25. The number of aromatic nitrogens is 4. The first kappa shape index (κ1) is 26.1. The number of hydrogen-bond acceptors (Lipinski definition) is 7. The van der Waals surface area contributed by atoms with Gasteiger partial charge in [-0.1, -0.05) is 55.8 Å². The quantitative estimate of drug-likeness (QED) is 0.345. The zero-order chi connectivity index (χ0) is 28.0. The van der Waals surface area contributed by atoms with Crippen LogP contribution in [-0.2, 0) is 27.1 Å². The van der Waals surface area contributed by atoms with Crippen LogP contribution >= 0.6 is 0 Å². The van der Waals surface area contributed by atoms with Crippen molar-refractivity contribution in [1.82, 2.24) is 19.2 Å². The molecular formula is C32H33N5O4. The lowest BCUT2D eigenvalue weighted by Gasteiger charge is -2.37. The summed E-state index contributed by atoms with van der Waals surface area (Å²) in [7, 11) is 0. The largest absolute Gasteiger partial charge is 0.376 e. The Bertz CT molecular complexity index is 1660. The van der Waals surface area contributed by atoms with Crippen LogP contribution < -0.4 is 5.56 Å². The molecule has 4 aromatic rings. The fraction of sp³-hybridized carbons (Fsp3) is 0.438. The van der Waals surface area contributed by atoms with Gasteiger partial charge in [0.1, 0.15) is 18.5 Å². The maximum atomic E-state index is 14.3. The molecule has 9 heteroatoms. The van der Waals surface area contributed by atoms with E-state index in [0.29, 0.717) is 31.0 Å². The Morgan fingerprint density at radius 2 is 1.78 bits per heavy atom. The van der Waals surface area contributed by atoms with Crippen LogP contribution in [-0.4, -0.2) is 50.4 Å². The number of fused-ring (bicyclic) bond motifs is 2. The summed E-state index contributed by atoms with van der Waals surface area (Å²) in [5.74, 6) is 0.0326. The minimum absolute atomic E-state index is 0.00679. The van der Waals surface area contributed by atoms with Crippen molar-refractivity contribution in [3.05, 3.63) is 87.6 Å². The van der Waals surface area contributed by atoms with Crippen LogP contribution in [0.25, 0.3) is 16.9 Å². The van der Waals surface area contributed by atoms with Gasteiger partial charge in [0.2, 0.25) is 5.78 Å². The van der Waals surface area contributed by atoms with Crippen molar-refractivity contribution in [2.45, 2.75) is 75.9 Å². The number of aryl methyl sites for hydroxylation is 1. The minimum atomic E-state index is -0.569. The van der Waals surface area contributed by atoms with E-state index < -0.39 is 5.79 Å². The van der Waals surface area contributed by atoms with Gasteiger partial charge in [-0.05, 0) is 42.0 Å². The Morgan fingerprint density at radius 1 is 1.05 bits per heavy atom. The molecule has 2 aliphatic heterocycles. The molecular weight excluding hydrogens is 518 g/mol. The van der Waals surface area contributed by atoms with Crippen molar-refractivity contribution in [3.63, 3.8) is 0 Å². The summed E-state index contributed by atoms with van der Waals surface area (Å²) in [5, 5.41) is 14.1. The van der Waals surface area contributed by atoms with Gasteiger partial charge in [-0.2, -0.15) is 15.3 Å². The van der Waals surface area contributed by atoms with Gasteiger partial charge in [-0.25, -0.2) is 4.52 Å². The summed E-state index contributed by atoms with van der Waals surface area (Å²) in [6, 6.07) is 18.0. The number of hydrogen-bond donors (Lipinski definition) is 0. The van der Waals surface area contributed by atoms with Gasteiger partial charge in [0.15, 0.2) is 5.79 Å². The average Bonchev–Trinajstić information content (AvgIpc) is 3.73. The second-order valence-corrected chi connectivity index (χ2v) is 11.3. The number of nitrogens with zero attached hydrogens (tertiary/aromatic N) is 5. The number of benzene rings is 2. The first-order valence-electron chi connectivity index (χ1n) is 14.6. The summed E-state index contributed by atoms with van der Waals surface area (Å²) in [6.07, 6.45) is 6.69. The highest BCUT2D eigenvalue weighted by Gasteiger charge is 2.51. The van der Waals surface area contributed by atoms with Gasteiger partial charge < -0.3 is 14.2 Å². The molecule has 2 aromatic heterocycles. The third-order valence-corrected chi connectivity index (χ3v) is 8.80. The molecule has 3 aliphatic rings. The van der Waals surface area contributed by atoms with E-state index in [1.807, 2.05) is 57.6 Å². The van der Waals surface area contributed by atoms with Gasteiger partial charge in [0, 0.05) is 30.9 Å². The lowest BCUT2D eigenvalue weighted by Crippen LogP contribution is -2.40. The van der Waals surface area contributed by atoms with E-state index in [1.54, 1.807) is 6.33 Å². The molecule has 1 saturated carbocycles. The van der Waals surface area contributed by atoms with E-state index in [1.165, 1.54) is 0 Å². The number of nitriles is 1. The Morgan fingerprint density at radius 3 is 2.49 bits per heavy atom. The first-order valence-corrected chi connectivity index (χ1v) is 14.6. The lowest BCUT2D eigenvalue weighted by molar-refractivity contribution is -0.211. The molecule has 0 bridgehead atoms. The van der Waals surface area contributed by atoms with E-state index in [2.05, 4.69) is 23.1 Å². The van der Waals surface area contributed by atoms with Gasteiger partial charge in [-0.3, -0.25) is 9.36 Å². The zero-order valence-electron chi connectivity index (χ0n) is 23.2. The van der Waals surface area contributed by atoms with Crippen molar-refractivity contribution in [1.29, 1.82) is 5.26 Å². The predicted octanol–water partition coefficient (Wildman–Crippen LogP) is 4.60. The molecule has 2 atom stereocenters. The van der Waals surface area contributed by atoms with E-state index >= 15 is 0 Å². The molecule has 1 spiro atoms. The first-order chi connectivity index (χ1) is 20.1. The molecule has 3 fully saturated rings. The van der Waals surface area contributed by atoms with Crippen molar-refractivity contribution < 1.29 is 14.2 Å². The van der Waals surface area contributed by atoms with Crippen molar-refractivity contribution in [2.75, 3.05) is 13.2 Å². The summed E-state index contributed by atoms with van der Waals surface area (Å²) in [4.78, 5) is 18.8. The minimum Gasteiger partial charge on any atom is -0.376 e.